The van der Waals surface area contributed by atoms with E-state index in [4.69, 9.17) is 21.1 Å². The summed E-state index contributed by atoms with van der Waals surface area (Å²) < 4.78 is 12.8. The van der Waals surface area contributed by atoms with Gasteiger partial charge >= 0.3 is 0 Å². The van der Waals surface area contributed by atoms with Crippen molar-refractivity contribution in [2.75, 3.05) is 39.8 Å². The van der Waals surface area contributed by atoms with E-state index in [0.29, 0.717) is 35.4 Å². The second kappa shape index (κ2) is 12.0. The molecule has 2 aromatic heterocycles. The van der Waals surface area contributed by atoms with Crippen molar-refractivity contribution in [3.8, 4) is 5.75 Å². The quantitative estimate of drug-likeness (QED) is 0.196. The van der Waals surface area contributed by atoms with Crippen molar-refractivity contribution in [3.05, 3.63) is 65.3 Å². The maximum Gasteiger partial charge on any atom is 0.163 e. The molecule has 0 saturated carbocycles. The number of nitrogens with one attached hydrogen (secondary N) is 1. The highest BCUT2D eigenvalue weighted by Gasteiger charge is 2.09. The molecule has 1 N–H and O–H groups in total. The van der Waals surface area contributed by atoms with Crippen molar-refractivity contribution in [1.82, 2.24) is 24.6 Å². The monoisotopic (exact) mass is 469 g/mol. The Balaban J connectivity index is 1.68. The molecular weight excluding hydrogens is 442 g/mol. The number of hydrazone groups is 1. The molecule has 0 bridgehead atoms. The van der Waals surface area contributed by atoms with Gasteiger partial charge in [0, 0.05) is 6.54 Å². The van der Waals surface area contributed by atoms with Crippen LogP contribution in [-0.4, -0.2) is 65.2 Å². The Morgan fingerprint density at radius 2 is 2.15 bits per heavy atom. The van der Waals surface area contributed by atoms with Gasteiger partial charge in [-0.05, 0) is 56.9 Å². The minimum absolute atomic E-state index is 0.512. The predicted molar refractivity (Wildman–Crippen MR) is 132 cm³/mol. The molecule has 0 unspecified atom stereocenters. The third-order valence-electron chi connectivity index (χ3n) is 4.60. The van der Waals surface area contributed by atoms with Gasteiger partial charge in [0.1, 0.15) is 24.4 Å². The summed E-state index contributed by atoms with van der Waals surface area (Å²) in [6, 6.07) is 5.53. The van der Waals surface area contributed by atoms with Crippen molar-refractivity contribution in [2.24, 2.45) is 5.10 Å². The lowest BCUT2D eigenvalue weighted by Gasteiger charge is -2.12. The normalized spacial score (nSPS) is 12.4. The number of allylic oxidation sites excluding steroid dienone is 3. The minimum atomic E-state index is 0.512. The summed E-state index contributed by atoms with van der Waals surface area (Å²) >= 11 is 6.33. The van der Waals surface area contributed by atoms with Gasteiger partial charge in [-0.25, -0.2) is 14.6 Å². The van der Waals surface area contributed by atoms with E-state index in [1.54, 1.807) is 30.3 Å². The van der Waals surface area contributed by atoms with Gasteiger partial charge < -0.3 is 14.4 Å². The molecule has 0 spiro atoms. The summed E-state index contributed by atoms with van der Waals surface area (Å²) in [6.45, 7) is 3.83. The van der Waals surface area contributed by atoms with Crippen LogP contribution in [0.4, 0.5) is 5.82 Å². The second-order valence-corrected chi connectivity index (χ2v) is 7.72. The Morgan fingerprint density at radius 3 is 2.88 bits per heavy atom. The number of benzene rings is 1. The van der Waals surface area contributed by atoms with Crippen LogP contribution in [-0.2, 0) is 11.3 Å². The molecule has 9 nitrogen and oxygen atoms in total. The average molecular weight is 470 g/mol. The zero-order valence-corrected chi connectivity index (χ0v) is 20.0. The minimum Gasteiger partial charge on any atom is -0.497 e. The highest BCUT2D eigenvalue weighted by atomic mass is 35.5. The molecular formula is C23H28ClN7O2. The highest BCUT2D eigenvalue weighted by molar-refractivity contribution is 6.32. The maximum atomic E-state index is 6.33. The Hall–Kier alpha value is -3.43. The summed E-state index contributed by atoms with van der Waals surface area (Å²) in [4.78, 5) is 10.7. The molecule has 3 aromatic rings. The summed E-state index contributed by atoms with van der Waals surface area (Å²) in [5.74, 6) is 1.96. The van der Waals surface area contributed by atoms with Crippen molar-refractivity contribution in [1.29, 1.82) is 0 Å². The zero-order chi connectivity index (χ0) is 23.6. The second-order valence-electron chi connectivity index (χ2n) is 7.31. The van der Waals surface area contributed by atoms with E-state index < -0.39 is 0 Å². The molecule has 10 heteroatoms. The first-order chi connectivity index (χ1) is 16.0. The smallest absolute Gasteiger partial charge is 0.163 e. The van der Waals surface area contributed by atoms with E-state index in [-0.39, 0.29) is 0 Å². The van der Waals surface area contributed by atoms with Crippen LogP contribution >= 0.6 is 11.6 Å². The third-order valence-corrected chi connectivity index (χ3v) is 4.90. The fourth-order valence-electron chi connectivity index (χ4n) is 2.90. The van der Waals surface area contributed by atoms with Crippen LogP contribution < -0.4 is 10.2 Å². The van der Waals surface area contributed by atoms with Crippen molar-refractivity contribution < 1.29 is 9.47 Å². The van der Waals surface area contributed by atoms with E-state index in [1.165, 1.54) is 6.33 Å². The lowest BCUT2D eigenvalue weighted by Crippen LogP contribution is -2.19. The number of halogens is 1. The number of methoxy groups -OCH3 is 1. The van der Waals surface area contributed by atoms with Crippen LogP contribution in [0.15, 0.2) is 59.8 Å². The van der Waals surface area contributed by atoms with Crippen LogP contribution in [0, 0.1) is 0 Å². The Labute approximate surface area is 198 Å². The van der Waals surface area contributed by atoms with E-state index in [2.05, 4.69) is 25.6 Å². The molecule has 0 atom stereocenters. The highest BCUT2D eigenvalue weighted by Crippen LogP contribution is 2.25. The van der Waals surface area contributed by atoms with Gasteiger partial charge in [-0.1, -0.05) is 17.7 Å². The zero-order valence-electron chi connectivity index (χ0n) is 19.2. The van der Waals surface area contributed by atoms with Crippen LogP contribution in [0.3, 0.4) is 0 Å². The Bertz CT molecular complexity index is 1150. The van der Waals surface area contributed by atoms with Gasteiger partial charge in [0.05, 0.1) is 36.5 Å². The molecule has 0 radical (unpaired) electrons. The molecule has 3 rings (SSSR count). The van der Waals surface area contributed by atoms with E-state index >= 15 is 0 Å². The van der Waals surface area contributed by atoms with Crippen LogP contribution in [0.2, 0.25) is 5.02 Å². The van der Waals surface area contributed by atoms with E-state index in [0.717, 1.165) is 23.3 Å². The third kappa shape index (κ3) is 6.77. The summed E-state index contributed by atoms with van der Waals surface area (Å²) in [5, 5.41) is 9.99. The number of ether oxygens (including phenoxy) is 2. The molecule has 0 aliphatic rings. The lowest BCUT2D eigenvalue weighted by atomic mass is 10.2. The summed E-state index contributed by atoms with van der Waals surface area (Å²) in [5.41, 5.74) is 4.48. The maximum absolute atomic E-state index is 6.33. The van der Waals surface area contributed by atoms with Gasteiger partial charge in [0.2, 0.25) is 0 Å². The number of aromatic nitrogens is 4. The molecule has 0 amide bonds. The molecule has 174 valence electrons. The number of fused-ring (bicyclic) bond motifs is 1. The molecule has 0 fully saturated rings. The topological polar surface area (TPSA) is 89.7 Å². The number of rotatable bonds is 11. The lowest BCUT2D eigenvalue weighted by molar-refractivity contribution is 0.261. The molecule has 33 heavy (non-hydrogen) atoms. The van der Waals surface area contributed by atoms with Crippen molar-refractivity contribution in [3.63, 3.8) is 0 Å². The van der Waals surface area contributed by atoms with Gasteiger partial charge in [-0.2, -0.15) is 10.2 Å². The number of likely N-dealkylation sites (N-methyl/N-ethyl adjacent to an activating group) is 1. The van der Waals surface area contributed by atoms with Gasteiger partial charge in [0.15, 0.2) is 11.5 Å². The molecule has 0 aliphatic carbocycles. The van der Waals surface area contributed by atoms with Crippen molar-refractivity contribution in [2.45, 2.75) is 13.5 Å². The van der Waals surface area contributed by atoms with Crippen LogP contribution in [0.5, 0.6) is 5.75 Å². The largest absolute Gasteiger partial charge is 0.497 e. The number of nitrogens with zero attached hydrogens (tertiary/aromatic N) is 6. The summed E-state index contributed by atoms with van der Waals surface area (Å²) in [6.07, 6.45) is 10.6. The van der Waals surface area contributed by atoms with Crippen molar-refractivity contribution >= 4 is 34.7 Å². The Kier molecular flexibility index (Phi) is 8.79. The average Bonchev–Trinajstić information content (AvgIpc) is 3.22. The van der Waals surface area contributed by atoms with E-state index in [1.807, 2.05) is 56.3 Å². The van der Waals surface area contributed by atoms with E-state index in [9.17, 15) is 0 Å². The van der Waals surface area contributed by atoms with Crippen LogP contribution in [0.1, 0.15) is 12.5 Å². The predicted octanol–water partition coefficient (Wildman–Crippen LogP) is 3.97. The van der Waals surface area contributed by atoms with Gasteiger partial charge in [0.25, 0.3) is 0 Å². The Morgan fingerprint density at radius 1 is 1.30 bits per heavy atom. The first-order valence-electron chi connectivity index (χ1n) is 10.4. The van der Waals surface area contributed by atoms with Gasteiger partial charge in [-0.15, -0.1) is 0 Å². The molecule has 2 heterocycles. The molecule has 0 saturated heterocycles. The number of hydrogen-bond donors (Lipinski definition) is 1. The first-order valence-corrected chi connectivity index (χ1v) is 10.8. The van der Waals surface area contributed by atoms with Gasteiger partial charge in [-0.3, -0.25) is 5.43 Å². The number of anilines is 1. The number of hydrogen-bond acceptors (Lipinski definition) is 8. The summed E-state index contributed by atoms with van der Waals surface area (Å²) in [7, 11) is 5.62. The standard InChI is InChI=1S/C23H28ClN7O2/c1-5-6-18(32-4)9-10-31-23-19(15-28-31)22(25-16-26-23)29-27-14-17-7-8-21(20(24)13-17)33-12-11-30(2)3/h5-9,13-16H,10-12H2,1-4H3,(H,25,26,29)/b6-5-,18-9+,27-14+. The fourth-order valence-corrected chi connectivity index (χ4v) is 3.14. The first kappa shape index (κ1) is 24.2. The van der Waals surface area contributed by atoms with Crippen LogP contribution in [0.25, 0.3) is 11.0 Å². The SMILES string of the molecule is C/C=C\C(=C/Cn1ncc2c(N/N=C/c3ccc(OCCN(C)C)c(Cl)c3)ncnc21)OC. The molecule has 1 aromatic carbocycles. The molecule has 0 aliphatic heterocycles. The fraction of sp³-hybridized carbons (Fsp3) is 0.304.